The zero-order valence-corrected chi connectivity index (χ0v) is 10.4. The first-order valence-corrected chi connectivity index (χ1v) is 6.08. The number of carbonyl (C=O) groups is 2. The Bertz CT molecular complexity index is 485. The highest BCUT2D eigenvalue weighted by Gasteiger charge is 2.28. The molecule has 0 unspecified atom stereocenters. The standard InChI is InChI=1S/C13H17N3O2/c1-2-15-8-13(18)16-11-5-4-10(14)7-9(11)3-6-12(16)17/h4-5,7,15H,2-3,6,8,14H2,1H3. The SMILES string of the molecule is CCNCC(=O)N1C(=O)CCc2cc(N)ccc21. The van der Waals surface area contributed by atoms with E-state index in [0.29, 0.717) is 30.8 Å². The smallest absolute Gasteiger partial charge is 0.247 e. The molecule has 2 amide bonds. The van der Waals surface area contributed by atoms with Crippen LogP contribution < -0.4 is 16.0 Å². The molecule has 0 fully saturated rings. The number of fused-ring (bicyclic) bond motifs is 1. The molecule has 5 nitrogen and oxygen atoms in total. The topological polar surface area (TPSA) is 75.4 Å². The molecular formula is C13H17N3O2. The molecular weight excluding hydrogens is 230 g/mol. The summed E-state index contributed by atoms with van der Waals surface area (Å²) >= 11 is 0. The quantitative estimate of drug-likeness (QED) is 0.770. The molecule has 1 aliphatic heterocycles. The molecule has 0 atom stereocenters. The fourth-order valence-corrected chi connectivity index (χ4v) is 2.10. The van der Waals surface area contributed by atoms with E-state index < -0.39 is 0 Å². The number of hydrogen-bond donors (Lipinski definition) is 2. The number of rotatable bonds is 3. The second-order valence-corrected chi connectivity index (χ2v) is 4.29. The van der Waals surface area contributed by atoms with Crippen molar-refractivity contribution in [2.45, 2.75) is 19.8 Å². The van der Waals surface area contributed by atoms with E-state index in [1.54, 1.807) is 12.1 Å². The Morgan fingerprint density at radius 2 is 2.22 bits per heavy atom. The van der Waals surface area contributed by atoms with Gasteiger partial charge in [0.2, 0.25) is 11.8 Å². The third kappa shape index (κ3) is 2.36. The number of anilines is 2. The van der Waals surface area contributed by atoms with Crippen molar-refractivity contribution < 1.29 is 9.59 Å². The number of benzene rings is 1. The number of carbonyl (C=O) groups excluding carboxylic acids is 2. The van der Waals surface area contributed by atoms with Gasteiger partial charge >= 0.3 is 0 Å². The van der Waals surface area contributed by atoms with Gasteiger partial charge in [0.1, 0.15) is 0 Å². The summed E-state index contributed by atoms with van der Waals surface area (Å²) in [7, 11) is 0. The Morgan fingerprint density at radius 1 is 1.44 bits per heavy atom. The predicted octanol–water partition coefficient (Wildman–Crippen LogP) is 0.684. The van der Waals surface area contributed by atoms with Gasteiger partial charge < -0.3 is 11.1 Å². The molecule has 2 rings (SSSR count). The Labute approximate surface area is 106 Å². The Balaban J connectivity index is 2.30. The molecule has 0 aromatic heterocycles. The highest BCUT2D eigenvalue weighted by Crippen LogP contribution is 2.29. The normalized spacial score (nSPS) is 14.5. The van der Waals surface area contributed by atoms with Crippen molar-refractivity contribution in [1.29, 1.82) is 0 Å². The maximum atomic E-state index is 12.0. The number of nitrogens with two attached hydrogens (primary N) is 1. The van der Waals surface area contributed by atoms with E-state index in [1.165, 1.54) is 4.90 Å². The molecule has 18 heavy (non-hydrogen) atoms. The van der Waals surface area contributed by atoms with Crippen LogP contribution in [0, 0.1) is 0 Å². The van der Waals surface area contributed by atoms with Crippen LogP contribution >= 0.6 is 0 Å². The third-order valence-corrected chi connectivity index (χ3v) is 2.98. The number of amides is 2. The number of hydrogen-bond acceptors (Lipinski definition) is 4. The van der Waals surface area contributed by atoms with Crippen molar-refractivity contribution in [2.24, 2.45) is 0 Å². The molecule has 0 saturated carbocycles. The number of nitrogens with zero attached hydrogens (tertiary/aromatic N) is 1. The lowest BCUT2D eigenvalue weighted by molar-refractivity contribution is -0.126. The lowest BCUT2D eigenvalue weighted by atomic mass is 10.0. The van der Waals surface area contributed by atoms with Crippen molar-refractivity contribution in [1.82, 2.24) is 5.32 Å². The van der Waals surface area contributed by atoms with E-state index in [2.05, 4.69) is 5.32 Å². The zero-order chi connectivity index (χ0) is 13.1. The molecule has 0 saturated heterocycles. The van der Waals surface area contributed by atoms with Crippen molar-refractivity contribution in [2.75, 3.05) is 23.7 Å². The fraction of sp³-hybridized carbons (Fsp3) is 0.385. The van der Waals surface area contributed by atoms with Crippen LogP contribution in [0.25, 0.3) is 0 Å². The van der Waals surface area contributed by atoms with Crippen LogP contribution in [0.5, 0.6) is 0 Å². The molecule has 0 aliphatic carbocycles. The van der Waals surface area contributed by atoms with E-state index >= 15 is 0 Å². The van der Waals surface area contributed by atoms with Crippen molar-refractivity contribution in [3.05, 3.63) is 23.8 Å². The van der Waals surface area contributed by atoms with Crippen LogP contribution in [-0.2, 0) is 16.0 Å². The van der Waals surface area contributed by atoms with Crippen molar-refractivity contribution in [3.8, 4) is 0 Å². The monoisotopic (exact) mass is 247 g/mol. The van der Waals surface area contributed by atoms with E-state index in [4.69, 9.17) is 5.73 Å². The predicted molar refractivity (Wildman–Crippen MR) is 70.2 cm³/mol. The molecule has 5 heteroatoms. The van der Waals surface area contributed by atoms with Crippen LogP contribution in [0.1, 0.15) is 18.9 Å². The Kier molecular flexibility index (Phi) is 3.62. The van der Waals surface area contributed by atoms with Gasteiger partial charge in [-0.2, -0.15) is 0 Å². The molecule has 0 bridgehead atoms. The van der Waals surface area contributed by atoms with Crippen LogP contribution in [0.2, 0.25) is 0 Å². The van der Waals surface area contributed by atoms with Crippen molar-refractivity contribution >= 4 is 23.2 Å². The number of aryl methyl sites for hydroxylation is 1. The van der Waals surface area contributed by atoms with Crippen LogP contribution in [0.15, 0.2) is 18.2 Å². The van der Waals surface area contributed by atoms with Gasteiger partial charge in [-0.15, -0.1) is 0 Å². The van der Waals surface area contributed by atoms with Crippen LogP contribution in [0.4, 0.5) is 11.4 Å². The minimum atomic E-state index is -0.215. The minimum absolute atomic E-state index is 0.143. The molecule has 1 heterocycles. The maximum absolute atomic E-state index is 12.0. The molecule has 0 radical (unpaired) electrons. The lowest BCUT2D eigenvalue weighted by Crippen LogP contribution is -2.44. The maximum Gasteiger partial charge on any atom is 0.247 e. The third-order valence-electron chi connectivity index (χ3n) is 2.98. The average molecular weight is 247 g/mol. The summed E-state index contributed by atoms with van der Waals surface area (Å²) in [5.74, 6) is -0.359. The summed E-state index contributed by atoms with van der Waals surface area (Å²) in [4.78, 5) is 25.2. The largest absolute Gasteiger partial charge is 0.399 e. The molecule has 0 spiro atoms. The van der Waals surface area contributed by atoms with Gasteiger partial charge in [0, 0.05) is 12.1 Å². The van der Waals surface area contributed by atoms with Gasteiger partial charge in [0.05, 0.1) is 12.2 Å². The van der Waals surface area contributed by atoms with Gasteiger partial charge in [-0.3, -0.25) is 9.59 Å². The van der Waals surface area contributed by atoms with E-state index in [1.807, 2.05) is 13.0 Å². The summed E-state index contributed by atoms with van der Waals surface area (Å²) in [5.41, 5.74) is 8.00. The Morgan fingerprint density at radius 3 is 2.94 bits per heavy atom. The van der Waals surface area contributed by atoms with E-state index in [9.17, 15) is 9.59 Å². The highest BCUT2D eigenvalue weighted by molar-refractivity contribution is 6.17. The summed E-state index contributed by atoms with van der Waals surface area (Å²) in [6.45, 7) is 2.79. The second-order valence-electron chi connectivity index (χ2n) is 4.29. The molecule has 96 valence electrons. The molecule has 1 aromatic rings. The highest BCUT2D eigenvalue weighted by atomic mass is 16.2. The van der Waals surface area contributed by atoms with Gasteiger partial charge in [0.25, 0.3) is 0 Å². The number of imide groups is 1. The first-order chi connectivity index (χ1) is 8.63. The first-order valence-electron chi connectivity index (χ1n) is 6.08. The van der Waals surface area contributed by atoms with Crippen LogP contribution in [0.3, 0.4) is 0 Å². The zero-order valence-electron chi connectivity index (χ0n) is 10.4. The van der Waals surface area contributed by atoms with E-state index in [-0.39, 0.29) is 18.4 Å². The average Bonchev–Trinajstić information content (AvgIpc) is 2.36. The van der Waals surface area contributed by atoms with E-state index in [0.717, 1.165) is 5.56 Å². The molecule has 1 aromatic carbocycles. The van der Waals surface area contributed by atoms with Gasteiger partial charge in [-0.05, 0) is 36.7 Å². The van der Waals surface area contributed by atoms with Gasteiger partial charge in [0.15, 0.2) is 0 Å². The molecule has 3 N–H and O–H groups in total. The summed E-state index contributed by atoms with van der Waals surface area (Å²) in [5, 5.41) is 2.94. The Hall–Kier alpha value is -1.88. The summed E-state index contributed by atoms with van der Waals surface area (Å²) in [6.07, 6.45) is 0.999. The van der Waals surface area contributed by atoms with Crippen molar-refractivity contribution in [3.63, 3.8) is 0 Å². The van der Waals surface area contributed by atoms with Gasteiger partial charge in [-0.1, -0.05) is 6.92 Å². The first kappa shape index (κ1) is 12.6. The minimum Gasteiger partial charge on any atom is -0.399 e. The second kappa shape index (κ2) is 5.18. The fourth-order valence-electron chi connectivity index (χ4n) is 2.10. The summed E-state index contributed by atoms with van der Waals surface area (Å²) in [6, 6.07) is 5.28. The number of nitrogen functional groups attached to an aromatic ring is 1. The van der Waals surface area contributed by atoms with Crippen LogP contribution in [-0.4, -0.2) is 24.9 Å². The molecule has 1 aliphatic rings. The number of nitrogens with one attached hydrogen (secondary N) is 1. The summed E-state index contributed by atoms with van der Waals surface area (Å²) < 4.78 is 0. The lowest BCUT2D eigenvalue weighted by Gasteiger charge is -2.28. The van der Waals surface area contributed by atoms with Gasteiger partial charge in [-0.25, -0.2) is 4.90 Å². The number of likely N-dealkylation sites (N-methyl/N-ethyl adjacent to an activating group) is 1.